The van der Waals surface area contributed by atoms with Crippen molar-refractivity contribution in [3.63, 3.8) is 0 Å². The predicted octanol–water partition coefficient (Wildman–Crippen LogP) is 4.63. The Kier molecular flexibility index (Phi) is 4.46. The SMILES string of the molecule is N#COc1cccc(-c2ccc(OC(F)=C(F)F)cc2)c1. The Morgan fingerprint density at radius 1 is 0.905 bits per heavy atom. The van der Waals surface area contributed by atoms with Crippen LogP contribution >= 0.6 is 0 Å². The van der Waals surface area contributed by atoms with E-state index in [9.17, 15) is 13.2 Å². The van der Waals surface area contributed by atoms with Crippen molar-refractivity contribution in [3.05, 3.63) is 60.6 Å². The molecule has 2 aromatic rings. The van der Waals surface area contributed by atoms with Gasteiger partial charge in [0.05, 0.1) is 0 Å². The molecular weight excluding hydrogens is 283 g/mol. The molecule has 0 fully saturated rings. The number of rotatable bonds is 4. The van der Waals surface area contributed by atoms with Crippen LogP contribution in [0.25, 0.3) is 11.1 Å². The van der Waals surface area contributed by atoms with Gasteiger partial charge in [-0.15, -0.1) is 5.26 Å². The van der Waals surface area contributed by atoms with Crippen LogP contribution in [0.2, 0.25) is 0 Å². The van der Waals surface area contributed by atoms with E-state index in [-0.39, 0.29) is 5.75 Å². The summed E-state index contributed by atoms with van der Waals surface area (Å²) in [5, 5.41) is 8.46. The average Bonchev–Trinajstić information content (AvgIpc) is 2.48. The minimum atomic E-state index is -2.51. The zero-order valence-corrected chi connectivity index (χ0v) is 10.5. The molecule has 21 heavy (non-hydrogen) atoms. The summed E-state index contributed by atoms with van der Waals surface area (Å²) < 4.78 is 45.5. The first-order valence-electron chi connectivity index (χ1n) is 5.75. The van der Waals surface area contributed by atoms with Crippen LogP contribution in [0.4, 0.5) is 13.2 Å². The largest absolute Gasteiger partial charge is 0.428 e. The smallest absolute Gasteiger partial charge is 0.344 e. The van der Waals surface area contributed by atoms with E-state index in [1.165, 1.54) is 12.1 Å². The van der Waals surface area contributed by atoms with Gasteiger partial charge < -0.3 is 9.47 Å². The summed E-state index contributed by atoms with van der Waals surface area (Å²) in [4.78, 5) is 0. The molecule has 2 aromatic carbocycles. The molecule has 0 saturated carbocycles. The van der Waals surface area contributed by atoms with Crippen LogP contribution in [0.1, 0.15) is 0 Å². The molecule has 0 spiro atoms. The molecule has 6 heteroatoms. The molecule has 0 atom stereocenters. The zero-order chi connectivity index (χ0) is 15.2. The Hall–Kier alpha value is -2.94. The Morgan fingerprint density at radius 3 is 2.24 bits per heavy atom. The molecule has 106 valence electrons. The van der Waals surface area contributed by atoms with Crippen molar-refractivity contribution >= 4 is 0 Å². The molecule has 3 nitrogen and oxygen atoms in total. The lowest BCUT2D eigenvalue weighted by Crippen LogP contribution is -1.90. The molecule has 0 N–H and O–H groups in total. The third-order valence-corrected chi connectivity index (χ3v) is 2.54. The summed E-state index contributed by atoms with van der Waals surface area (Å²) in [5.41, 5.74) is 1.48. The molecule has 2 rings (SSSR count). The van der Waals surface area contributed by atoms with Gasteiger partial charge in [-0.3, -0.25) is 0 Å². The third kappa shape index (κ3) is 3.76. The van der Waals surface area contributed by atoms with E-state index in [2.05, 4.69) is 4.74 Å². The van der Waals surface area contributed by atoms with Gasteiger partial charge in [-0.2, -0.15) is 13.2 Å². The van der Waals surface area contributed by atoms with Crippen molar-refractivity contribution in [2.24, 2.45) is 0 Å². The molecular formula is C15H8F3NO2. The number of hydrogen-bond donors (Lipinski definition) is 0. The first-order chi connectivity index (χ1) is 10.1. The van der Waals surface area contributed by atoms with Gasteiger partial charge in [0, 0.05) is 0 Å². The normalized spacial score (nSPS) is 9.62. The number of halogens is 3. The highest BCUT2D eigenvalue weighted by Gasteiger charge is 2.08. The number of nitrogens with zero attached hydrogens (tertiary/aromatic N) is 1. The van der Waals surface area contributed by atoms with Crippen LogP contribution in [-0.4, -0.2) is 0 Å². The maximum atomic E-state index is 12.6. The first-order valence-corrected chi connectivity index (χ1v) is 5.75. The Labute approximate surface area is 118 Å². The van der Waals surface area contributed by atoms with Gasteiger partial charge in [0.1, 0.15) is 11.5 Å². The van der Waals surface area contributed by atoms with Gasteiger partial charge in [-0.25, -0.2) is 0 Å². The van der Waals surface area contributed by atoms with Gasteiger partial charge in [0.2, 0.25) is 0 Å². The van der Waals surface area contributed by atoms with E-state index in [4.69, 9.17) is 10.00 Å². The van der Waals surface area contributed by atoms with Crippen molar-refractivity contribution < 1.29 is 22.6 Å². The molecule has 0 aliphatic carbocycles. The molecule has 0 saturated heterocycles. The fourth-order valence-electron chi connectivity index (χ4n) is 1.65. The van der Waals surface area contributed by atoms with Crippen LogP contribution in [0.5, 0.6) is 11.5 Å². The second kappa shape index (κ2) is 6.48. The quantitative estimate of drug-likeness (QED) is 0.609. The number of hydrogen-bond acceptors (Lipinski definition) is 3. The monoisotopic (exact) mass is 291 g/mol. The molecule has 0 aliphatic rings. The van der Waals surface area contributed by atoms with Crippen molar-refractivity contribution in [3.8, 4) is 28.9 Å². The second-order valence-electron chi connectivity index (χ2n) is 3.88. The minimum Gasteiger partial charge on any atom is -0.428 e. The summed E-state index contributed by atoms with van der Waals surface area (Å²) in [6.07, 6.45) is -0.947. The first kappa shape index (κ1) is 14.5. The van der Waals surface area contributed by atoms with E-state index in [0.717, 1.165) is 11.1 Å². The van der Waals surface area contributed by atoms with Crippen molar-refractivity contribution in [2.45, 2.75) is 0 Å². The Balaban J connectivity index is 2.21. The van der Waals surface area contributed by atoms with Gasteiger partial charge in [0.25, 0.3) is 6.26 Å². The van der Waals surface area contributed by atoms with Crippen LogP contribution < -0.4 is 9.47 Å². The standard InChI is InChI=1S/C15H8F3NO2/c16-14(17)15(18)21-12-6-4-10(5-7-12)11-2-1-3-13(8-11)20-9-19/h1-8H. The molecule has 0 radical (unpaired) electrons. The lowest BCUT2D eigenvalue weighted by molar-refractivity contribution is 0.241. The lowest BCUT2D eigenvalue weighted by atomic mass is 10.1. The van der Waals surface area contributed by atoms with Crippen LogP contribution in [0.15, 0.2) is 60.6 Å². The second-order valence-corrected chi connectivity index (χ2v) is 3.88. The summed E-state index contributed by atoms with van der Waals surface area (Å²) in [6, 6.07) is 10.7. The molecule has 0 heterocycles. The summed E-state index contributed by atoms with van der Waals surface area (Å²) in [6.45, 7) is 0. The highest BCUT2D eigenvalue weighted by molar-refractivity contribution is 5.65. The van der Waals surface area contributed by atoms with Crippen LogP contribution in [-0.2, 0) is 0 Å². The van der Waals surface area contributed by atoms with E-state index in [1.807, 2.05) is 0 Å². The number of nitriles is 1. The summed E-state index contributed by atoms with van der Waals surface area (Å²) in [7, 11) is 0. The molecule has 0 unspecified atom stereocenters. The highest BCUT2D eigenvalue weighted by atomic mass is 19.3. The van der Waals surface area contributed by atoms with E-state index >= 15 is 0 Å². The Morgan fingerprint density at radius 2 is 1.62 bits per heavy atom. The van der Waals surface area contributed by atoms with Gasteiger partial charge in [-0.05, 0) is 35.4 Å². The van der Waals surface area contributed by atoms with Crippen LogP contribution in [0, 0.1) is 11.5 Å². The maximum Gasteiger partial charge on any atom is 0.344 e. The molecule has 0 aliphatic heterocycles. The minimum absolute atomic E-state index is 0.0477. The predicted molar refractivity (Wildman–Crippen MR) is 69.1 cm³/mol. The maximum absolute atomic E-state index is 12.6. The number of benzene rings is 2. The van der Waals surface area contributed by atoms with E-state index in [0.29, 0.717) is 5.75 Å². The third-order valence-electron chi connectivity index (χ3n) is 2.54. The van der Waals surface area contributed by atoms with Gasteiger partial charge >= 0.3 is 12.1 Å². The Bertz CT molecular complexity index is 702. The lowest BCUT2D eigenvalue weighted by Gasteiger charge is -2.05. The molecule has 0 bridgehead atoms. The fraction of sp³-hybridized carbons (Fsp3) is 0. The zero-order valence-electron chi connectivity index (χ0n) is 10.5. The summed E-state index contributed by atoms with van der Waals surface area (Å²) in [5.74, 6) is 0.331. The van der Waals surface area contributed by atoms with Crippen molar-refractivity contribution in [1.29, 1.82) is 5.26 Å². The average molecular weight is 291 g/mol. The fourth-order valence-corrected chi connectivity index (χ4v) is 1.65. The van der Waals surface area contributed by atoms with Gasteiger partial charge in [0.15, 0.2) is 0 Å². The molecule has 0 amide bonds. The van der Waals surface area contributed by atoms with E-state index in [1.54, 1.807) is 42.7 Å². The van der Waals surface area contributed by atoms with E-state index < -0.39 is 12.1 Å². The molecule has 0 aromatic heterocycles. The topological polar surface area (TPSA) is 42.2 Å². The van der Waals surface area contributed by atoms with Crippen LogP contribution in [0.3, 0.4) is 0 Å². The van der Waals surface area contributed by atoms with Crippen molar-refractivity contribution in [2.75, 3.05) is 0 Å². The number of ether oxygens (including phenoxy) is 2. The summed E-state index contributed by atoms with van der Waals surface area (Å²) >= 11 is 0. The van der Waals surface area contributed by atoms with Gasteiger partial charge in [-0.1, -0.05) is 24.3 Å². The van der Waals surface area contributed by atoms with Crippen molar-refractivity contribution in [1.82, 2.24) is 0 Å². The highest BCUT2D eigenvalue weighted by Crippen LogP contribution is 2.26.